The molecule has 174 valence electrons. The van der Waals surface area contributed by atoms with Crippen LogP contribution in [0.2, 0.25) is 0 Å². The summed E-state index contributed by atoms with van der Waals surface area (Å²) in [7, 11) is 1.90. The Labute approximate surface area is 197 Å². The fraction of sp³-hybridized carbons (Fsp3) is 0.269. The molecular formula is C26H27FN6O. The topological polar surface area (TPSA) is 77.2 Å². The Hall–Kier alpha value is -3.94. The van der Waals surface area contributed by atoms with Gasteiger partial charge in [-0.2, -0.15) is 0 Å². The summed E-state index contributed by atoms with van der Waals surface area (Å²) in [5.74, 6) is 0.189. The largest absolute Gasteiger partial charge is 0.367 e. The number of amides is 1. The highest BCUT2D eigenvalue weighted by atomic mass is 19.1. The zero-order valence-electron chi connectivity index (χ0n) is 19.2. The number of hydrogen-bond donors (Lipinski definition) is 2. The van der Waals surface area contributed by atoms with Crippen molar-refractivity contribution in [2.75, 3.05) is 29.9 Å². The normalized spacial score (nSPS) is 16.6. The molecule has 7 nitrogen and oxygen atoms in total. The molecule has 2 unspecified atom stereocenters. The molecule has 0 aliphatic carbocycles. The number of anilines is 2. The fourth-order valence-electron chi connectivity index (χ4n) is 4.60. The van der Waals surface area contributed by atoms with Gasteiger partial charge in [-0.3, -0.25) is 4.79 Å². The molecule has 0 bridgehead atoms. The van der Waals surface area contributed by atoms with Crippen LogP contribution in [0.1, 0.15) is 35.3 Å². The van der Waals surface area contributed by atoms with E-state index in [1.807, 2.05) is 61.5 Å². The molecule has 0 saturated carbocycles. The zero-order chi connectivity index (χ0) is 23.7. The molecule has 1 aliphatic rings. The van der Waals surface area contributed by atoms with Gasteiger partial charge in [0.1, 0.15) is 23.6 Å². The Kier molecular flexibility index (Phi) is 5.88. The van der Waals surface area contributed by atoms with Crippen LogP contribution in [0.3, 0.4) is 0 Å². The third-order valence-corrected chi connectivity index (χ3v) is 6.58. The van der Waals surface area contributed by atoms with Crippen molar-refractivity contribution in [3.8, 4) is 0 Å². The molecule has 2 N–H and O–H groups in total. The highest BCUT2D eigenvalue weighted by Gasteiger charge is 2.29. The number of H-pyrrole nitrogens is 1. The lowest BCUT2D eigenvalue weighted by molar-refractivity contribution is 0.0939. The van der Waals surface area contributed by atoms with E-state index < -0.39 is 5.82 Å². The maximum Gasteiger partial charge on any atom is 0.251 e. The molecule has 4 aromatic rings. The number of likely N-dealkylation sites (N-methyl/N-ethyl adjacent to an activating group) is 1. The van der Waals surface area contributed by atoms with Gasteiger partial charge >= 0.3 is 0 Å². The summed E-state index contributed by atoms with van der Waals surface area (Å²) in [5.41, 5.74) is 2.60. The first-order valence-corrected chi connectivity index (χ1v) is 11.4. The lowest BCUT2D eigenvalue weighted by Gasteiger charge is -2.28. The molecule has 0 spiro atoms. The molecule has 1 amide bonds. The van der Waals surface area contributed by atoms with Crippen LogP contribution in [-0.4, -0.2) is 47.0 Å². The van der Waals surface area contributed by atoms with Gasteiger partial charge in [0.2, 0.25) is 0 Å². The molecular weight excluding hydrogens is 431 g/mol. The third kappa shape index (κ3) is 4.19. The number of rotatable bonds is 6. The van der Waals surface area contributed by atoms with E-state index in [1.165, 1.54) is 6.07 Å². The maximum absolute atomic E-state index is 15.1. The summed E-state index contributed by atoms with van der Waals surface area (Å²) in [6, 6.07) is 16.3. The van der Waals surface area contributed by atoms with Crippen LogP contribution in [0.5, 0.6) is 0 Å². The SMILES string of the molecule is CC(NC(=O)c1ccc(N(C)C2CCN(c3ncnc4[nH]ccc34)C2)c(F)c1)c1ccccc1. The van der Waals surface area contributed by atoms with Gasteiger partial charge < -0.3 is 20.1 Å². The summed E-state index contributed by atoms with van der Waals surface area (Å²) >= 11 is 0. The van der Waals surface area contributed by atoms with Crippen LogP contribution in [0, 0.1) is 5.82 Å². The van der Waals surface area contributed by atoms with Gasteiger partial charge in [-0.15, -0.1) is 0 Å². The van der Waals surface area contributed by atoms with Crippen LogP contribution >= 0.6 is 0 Å². The standard InChI is InChI=1S/C26H27FN6O/c1-17(18-6-4-3-5-7-18)31-26(34)19-8-9-23(22(27)14-19)32(2)20-11-13-33(15-20)25-21-10-12-28-24(21)29-16-30-25/h3-10,12,14,16-17,20H,11,13,15H2,1-2H3,(H,31,34)(H,28,29,30). The molecule has 0 radical (unpaired) electrons. The second kappa shape index (κ2) is 9.13. The zero-order valence-corrected chi connectivity index (χ0v) is 19.2. The van der Waals surface area contributed by atoms with Crippen molar-refractivity contribution in [1.29, 1.82) is 0 Å². The number of aromatic amines is 1. The van der Waals surface area contributed by atoms with Gasteiger partial charge in [0.05, 0.1) is 17.1 Å². The monoisotopic (exact) mass is 458 g/mol. The number of fused-ring (bicyclic) bond motifs is 1. The maximum atomic E-state index is 15.1. The van der Waals surface area contributed by atoms with Gasteiger partial charge in [0.15, 0.2) is 0 Å². The smallest absolute Gasteiger partial charge is 0.251 e. The summed E-state index contributed by atoms with van der Waals surface area (Å²) in [4.78, 5) is 28.7. The van der Waals surface area contributed by atoms with Crippen LogP contribution < -0.4 is 15.1 Å². The number of nitrogens with zero attached hydrogens (tertiary/aromatic N) is 4. The minimum absolute atomic E-state index is 0.122. The molecule has 2 aromatic heterocycles. The first-order valence-electron chi connectivity index (χ1n) is 11.4. The summed E-state index contributed by atoms with van der Waals surface area (Å²) < 4.78 is 15.1. The molecule has 1 saturated heterocycles. The number of carbonyl (C=O) groups is 1. The van der Waals surface area contributed by atoms with Crippen molar-refractivity contribution in [2.24, 2.45) is 0 Å². The van der Waals surface area contributed by atoms with Gasteiger partial charge in [-0.05, 0) is 43.2 Å². The summed E-state index contributed by atoms with van der Waals surface area (Å²) in [6.45, 7) is 3.46. The fourth-order valence-corrected chi connectivity index (χ4v) is 4.60. The lowest BCUT2D eigenvalue weighted by atomic mass is 10.1. The van der Waals surface area contributed by atoms with E-state index in [0.29, 0.717) is 11.3 Å². The molecule has 1 aliphatic heterocycles. The van der Waals surface area contributed by atoms with Gasteiger partial charge in [-0.1, -0.05) is 30.3 Å². The number of hydrogen-bond acceptors (Lipinski definition) is 5. The van der Waals surface area contributed by atoms with Crippen LogP contribution in [0.25, 0.3) is 11.0 Å². The van der Waals surface area contributed by atoms with Crippen molar-refractivity contribution in [1.82, 2.24) is 20.3 Å². The number of halogens is 1. The van der Waals surface area contributed by atoms with Gasteiger partial charge in [-0.25, -0.2) is 14.4 Å². The summed E-state index contributed by atoms with van der Waals surface area (Å²) in [5, 5.41) is 3.92. The average molecular weight is 459 g/mol. The first kappa shape index (κ1) is 21.9. The van der Waals surface area contributed by atoms with E-state index in [-0.39, 0.29) is 18.0 Å². The number of carbonyl (C=O) groups excluding carboxylic acids is 1. The second-order valence-corrected chi connectivity index (χ2v) is 8.71. The molecule has 8 heteroatoms. The Bertz CT molecular complexity index is 1310. The van der Waals surface area contributed by atoms with Crippen molar-refractivity contribution in [2.45, 2.75) is 25.4 Å². The number of benzene rings is 2. The van der Waals surface area contributed by atoms with Crippen molar-refractivity contribution < 1.29 is 9.18 Å². The van der Waals surface area contributed by atoms with Gasteiger partial charge in [0, 0.05) is 37.9 Å². The van der Waals surface area contributed by atoms with E-state index in [0.717, 1.165) is 41.9 Å². The lowest BCUT2D eigenvalue weighted by Crippen LogP contribution is -2.35. The second-order valence-electron chi connectivity index (χ2n) is 8.71. The highest BCUT2D eigenvalue weighted by molar-refractivity contribution is 5.95. The van der Waals surface area contributed by atoms with Crippen molar-refractivity contribution in [3.05, 3.63) is 84.1 Å². The van der Waals surface area contributed by atoms with E-state index in [9.17, 15) is 4.79 Å². The highest BCUT2D eigenvalue weighted by Crippen LogP contribution is 2.30. The van der Waals surface area contributed by atoms with Gasteiger partial charge in [0.25, 0.3) is 5.91 Å². The predicted octanol–water partition coefficient (Wildman–Crippen LogP) is 4.30. The van der Waals surface area contributed by atoms with Crippen LogP contribution in [0.15, 0.2) is 67.1 Å². The van der Waals surface area contributed by atoms with E-state index in [4.69, 9.17) is 0 Å². The third-order valence-electron chi connectivity index (χ3n) is 6.58. The van der Waals surface area contributed by atoms with E-state index in [1.54, 1.807) is 18.5 Å². The number of nitrogens with one attached hydrogen (secondary N) is 2. The Morgan fingerprint density at radius 1 is 1.21 bits per heavy atom. The van der Waals surface area contributed by atoms with E-state index >= 15 is 4.39 Å². The molecule has 1 fully saturated rings. The quantitative estimate of drug-likeness (QED) is 0.450. The predicted molar refractivity (Wildman–Crippen MR) is 132 cm³/mol. The minimum Gasteiger partial charge on any atom is -0.367 e. The molecule has 2 atom stereocenters. The Balaban J connectivity index is 1.27. The van der Waals surface area contributed by atoms with Crippen LogP contribution in [0.4, 0.5) is 15.9 Å². The Morgan fingerprint density at radius 3 is 2.82 bits per heavy atom. The number of aromatic nitrogens is 3. The first-order chi connectivity index (χ1) is 16.5. The Morgan fingerprint density at radius 2 is 2.03 bits per heavy atom. The van der Waals surface area contributed by atoms with Crippen molar-refractivity contribution >= 4 is 28.4 Å². The molecule has 2 aromatic carbocycles. The van der Waals surface area contributed by atoms with Crippen molar-refractivity contribution in [3.63, 3.8) is 0 Å². The van der Waals surface area contributed by atoms with E-state index in [2.05, 4.69) is 25.2 Å². The van der Waals surface area contributed by atoms with Crippen LogP contribution in [-0.2, 0) is 0 Å². The minimum atomic E-state index is -0.406. The average Bonchev–Trinajstić information content (AvgIpc) is 3.54. The molecule has 34 heavy (non-hydrogen) atoms. The molecule has 3 heterocycles. The molecule has 5 rings (SSSR count). The summed E-state index contributed by atoms with van der Waals surface area (Å²) in [6.07, 6.45) is 4.30.